The topological polar surface area (TPSA) is 76.4 Å². The van der Waals surface area contributed by atoms with Crippen LogP contribution in [0.4, 0.5) is 0 Å². The number of hydrogen-bond donors (Lipinski definition) is 1. The van der Waals surface area contributed by atoms with Gasteiger partial charge >= 0.3 is 0 Å². The van der Waals surface area contributed by atoms with E-state index < -0.39 is 5.41 Å². The number of carbonyl (C=O) groups is 2. The summed E-state index contributed by atoms with van der Waals surface area (Å²) in [6, 6.07) is 12.8. The average molecular weight is 411 g/mol. The zero-order valence-corrected chi connectivity index (χ0v) is 18.7. The lowest BCUT2D eigenvalue weighted by molar-refractivity contribution is -0.133. The molecule has 1 aliphatic carbocycles. The first-order valence-corrected chi connectivity index (χ1v) is 10.8. The van der Waals surface area contributed by atoms with Gasteiger partial charge in [-0.2, -0.15) is 5.26 Å². The molecule has 1 aromatic rings. The largest absolute Gasteiger partial charge is 0.353 e. The van der Waals surface area contributed by atoms with Crippen LogP contribution in [0.25, 0.3) is 0 Å². The Morgan fingerprint density at radius 2 is 1.83 bits per heavy atom. The number of nitriles is 1. The number of rotatable bonds is 6. The standard InChI is InChI=1S/C24H34N4O2/c1-22(2,16-25)17-26-20(29)15-28-18-23(14-21(28)30)10-12-24(13-11-23,27(3)4)19-8-6-5-7-9-19/h5-9H,10-15,17-18H2,1-4H3,(H,26,29)/t23-,24-. The summed E-state index contributed by atoms with van der Waals surface area (Å²) in [5.41, 5.74) is 0.703. The van der Waals surface area contributed by atoms with Crippen molar-refractivity contribution >= 4 is 11.8 Å². The Labute approximate surface area is 180 Å². The van der Waals surface area contributed by atoms with Gasteiger partial charge in [-0.1, -0.05) is 30.3 Å². The molecule has 0 atom stereocenters. The maximum Gasteiger partial charge on any atom is 0.239 e. The van der Waals surface area contributed by atoms with Crippen LogP contribution in [0.15, 0.2) is 30.3 Å². The van der Waals surface area contributed by atoms with Gasteiger partial charge in [-0.3, -0.25) is 14.5 Å². The molecule has 2 aliphatic rings. The van der Waals surface area contributed by atoms with Gasteiger partial charge in [0.1, 0.15) is 0 Å². The Morgan fingerprint density at radius 3 is 2.40 bits per heavy atom. The molecule has 1 spiro atoms. The first kappa shape index (κ1) is 22.3. The summed E-state index contributed by atoms with van der Waals surface area (Å²) < 4.78 is 0. The predicted molar refractivity (Wildman–Crippen MR) is 116 cm³/mol. The molecular formula is C24H34N4O2. The van der Waals surface area contributed by atoms with Crippen LogP contribution in [0.1, 0.15) is 51.5 Å². The first-order valence-electron chi connectivity index (χ1n) is 10.8. The number of nitrogens with one attached hydrogen (secondary N) is 1. The second kappa shape index (κ2) is 8.39. The Balaban J connectivity index is 1.62. The Kier molecular flexibility index (Phi) is 6.24. The minimum atomic E-state index is -0.609. The summed E-state index contributed by atoms with van der Waals surface area (Å²) in [4.78, 5) is 29.1. The summed E-state index contributed by atoms with van der Waals surface area (Å²) in [6.45, 7) is 4.60. The van der Waals surface area contributed by atoms with Gasteiger partial charge in [0, 0.05) is 25.0 Å². The minimum absolute atomic E-state index is 0.00320. The highest BCUT2D eigenvalue weighted by molar-refractivity contribution is 5.86. The van der Waals surface area contributed by atoms with Gasteiger partial charge in [0.05, 0.1) is 18.0 Å². The van der Waals surface area contributed by atoms with Crippen molar-refractivity contribution in [3.63, 3.8) is 0 Å². The van der Waals surface area contributed by atoms with Crippen molar-refractivity contribution in [2.24, 2.45) is 10.8 Å². The number of amides is 2. The van der Waals surface area contributed by atoms with Crippen molar-refractivity contribution < 1.29 is 9.59 Å². The van der Waals surface area contributed by atoms with E-state index in [0.717, 1.165) is 25.7 Å². The molecule has 30 heavy (non-hydrogen) atoms. The average Bonchev–Trinajstić information content (AvgIpc) is 3.02. The molecule has 1 N–H and O–H groups in total. The van der Waals surface area contributed by atoms with Crippen LogP contribution in [0, 0.1) is 22.2 Å². The Morgan fingerprint density at radius 1 is 1.20 bits per heavy atom. The fourth-order valence-electron chi connectivity index (χ4n) is 4.99. The van der Waals surface area contributed by atoms with E-state index in [9.17, 15) is 9.59 Å². The van der Waals surface area contributed by atoms with E-state index in [1.807, 2.05) is 6.07 Å². The molecule has 1 saturated heterocycles. The van der Waals surface area contributed by atoms with Crippen LogP contribution in [0.2, 0.25) is 0 Å². The van der Waals surface area contributed by atoms with E-state index >= 15 is 0 Å². The summed E-state index contributed by atoms with van der Waals surface area (Å²) in [5.74, 6) is -0.117. The number of carbonyl (C=O) groups excluding carboxylic acids is 2. The highest BCUT2D eigenvalue weighted by Crippen LogP contribution is 2.52. The van der Waals surface area contributed by atoms with Crippen molar-refractivity contribution in [1.82, 2.24) is 15.1 Å². The van der Waals surface area contributed by atoms with E-state index in [0.29, 0.717) is 13.0 Å². The van der Waals surface area contributed by atoms with Gasteiger partial charge in [-0.25, -0.2) is 0 Å². The molecule has 1 saturated carbocycles. The molecular weight excluding hydrogens is 376 g/mol. The second-order valence-electron chi connectivity index (χ2n) is 9.99. The number of likely N-dealkylation sites (tertiary alicyclic amines) is 1. The third-order valence-electron chi connectivity index (χ3n) is 7.07. The summed E-state index contributed by atoms with van der Waals surface area (Å²) in [6.07, 6.45) is 4.50. The molecule has 162 valence electrons. The highest BCUT2D eigenvalue weighted by Gasteiger charge is 2.50. The van der Waals surface area contributed by atoms with Gasteiger partial charge in [0.15, 0.2) is 0 Å². The lowest BCUT2D eigenvalue weighted by atomic mass is 9.64. The van der Waals surface area contributed by atoms with Crippen LogP contribution in [0.5, 0.6) is 0 Å². The fraction of sp³-hybridized carbons (Fsp3) is 0.625. The van der Waals surface area contributed by atoms with Crippen molar-refractivity contribution in [1.29, 1.82) is 5.26 Å². The van der Waals surface area contributed by atoms with E-state index in [4.69, 9.17) is 5.26 Å². The fourth-order valence-corrected chi connectivity index (χ4v) is 4.99. The van der Waals surface area contributed by atoms with E-state index in [-0.39, 0.29) is 35.9 Å². The Bertz CT molecular complexity index is 817. The molecule has 1 aromatic carbocycles. The molecule has 2 amide bonds. The molecule has 1 aliphatic heterocycles. The number of benzene rings is 1. The van der Waals surface area contributed by atoms with Crippen molar-refractivity contribution in [3.05, 3.63) is 35.9 Å². The van der Waals surface area contributed by atoms with Crippen LogP contribution in [0.3, 0.4) is 0 Å². The zero-order valence-electron chi connectivity index (χ0n) is 18.7. The molecule has 0 bridgehead atoms. The van der Waals surface area contributed by atoms with E-state index in [1.54, 1.807) is 18.7 Å². The minimum Gasteiger partial charge on any atom is -0.353 e. The van der Waals surface area contributed by atoms with Crippen LogP contribution >= 0.6 is 0 Å². The molecule has 6 nitrogen and oxygen atoms in total. The molecule has 2 fully saturated rings. The van der Waals surface area contributed by atoms with Crippen molar-refractivity contribution in [3.8, 4) is 6.07 Å². The third-order valence-corrected chi connectivity index (χ3v) is 7.07. The maximum atomic E-state index is 12.7. The maximum absolute atomic E-state index is 12.7. The summed E-state index contributed by atoms with van der Waals surface area (Å²) in [5, 5.41) is 11.9. The number of hydrogen-bond acceptors (Lipinski definition) is 4. The molecule has 0 radical (unpaired) electrons. The summed E-state index contributed by atoms with van der Waals surface area (Å²) >= 11 is 0. The predicted octanol–water partition coefficient (Wildman–Crippen LogP) is 2.90. The lowest BCUT2D eigenvalue weighted by Crippen LogP contribution is -2.47. The lowest BCUT2D eigenvalue weighted by Gasteiger charge is -2.48. The van der Waals surface area contributed by atoms with Gasteiger partial charge in [-0.15, -0.1) is 0 Å². The Hall–Kier alpha value is -2.39. The van der Waals surface area contributed by atoms with E-state index in [2.05, 4.69) is 54.6 Å². The molecule has 1 heterocycles. The van der Waals surface area contributed by atoms with E-state index in [1.165, 1.54) is 5.56 Å². The summed E-state index contributed by atoms with van der Waals surface area (Å²) in [7, 11) is 4.29. The first-order chi connectivity index (χ1) is 14.1. The van der Waals surface area contributed by atoms with Crippen LogP contribution in [-0.4, -0.2) is 55.3 Å². The normalized spacial score (nSPS) is 26.8. The smallest absolute Gasteiger partial charge is 0.239 e. The van der Waals surface area contributed by atoms with Gasteiger partial charge < -0.3 is 10.2 Å². The molecule has 3 rings (SSSR count). The zero-order chi connectivity index (χ0) is 22.0. The highest BCUT2D eigenvalue weighted by atomic mass is 16.2. The SMILES string of the molecule is CN(C)[C@]1(c2ccccc2)CC[C@@]2(CC1)CC(=O)N(CC(=O)NCC(C)(C)C#N)C2. The van der Waals surface area contributed by atoms with Gasteiger partial charge in [0.2, 0.25) is 11.8 Å². The third kappa shape index (κ3) is 4.52. The monoisotopic (exact) mass is 410 g/mol. The molecule has 6 heteroatoms. The quantitative estimate of drug-likeness (QED) is 0.782. The van der Waals surface area contributed by atoms with Crippen molar-refractivity contribution in [2.75, 3.05) is 33.7 Å². The van der Waals surface area contributed by atoms with Gasteiger partial charge in [-0.05, 0) is 64.6 Å². The van der Waals surface area contributed by atoms with Crippen molar-refractivity contribution in [2.45, 2.75) is 51.5 Å². The molecule has 0 unspecified atom stereocenters. The van der Waals surface area contributed by atoms with Gasteiger partial charge in [0.25, 0.3) is 0 Å². The number of nitrogens with zero attached hydrogens (tertiary/aromatic N) is 3. The van der Waals surface area contributed by atoms with Crippen LogP contribution < -0.4 is 5.32 Å². The van der Waals surface area contributed by atoms with Crippen LogP contribution in [-0.2, 0) is 15.1 Å². The second-order valence-corrected chi connectivity index (χ2v) is 9.99. The molecule has 0 aromatic heterocycles.